The molecule has 24 heavy (non-hydrogen) atoms. The van der Waals surface area contributed by atoms with Crippen LogP contribution in [0.25, 0.3) is 10.9 Å². The summed E-state index contributed by atoms with van der Waals surface area (Å²) in [6.45, 7) is -0.0706. The predicted molar refractivity (Wildman–Crippen MR) is 79.4 cm³/mol. The van der Waals surface area contributed by atoms with Gasteiger partial charge in [0, 0.05) is 11.6 Å². The van der Waals surface area contributed by atoms with Gasteiger partial charge in [0.1, 0.15) is 0 Å². The van der Waals surface area contributed by atoms with Crippen molar-refractivity contribution < 1.29 is 18.0 Å². The average molecular weight is 356 g/mol. The number of amides is 1. The number of primary amides is 1. The minimum atomic E-state index is -4.82. The Morgan fingerprint density at radius 1 is 1.25 bits per heavy atom. The zero-order chi connectivity index (χ0) is 17.5. The maximum Gasteiger partial charge on any atom is 0.437 e. The van der Waals surface area contributed by atoms with E-state index < -0.39 is 23.5 Å². The van der Waals surface area contributed by atoms with Crippen LogP contribution in [0.3, 0.4) is 0 Å². The third-order valence-electron chi connectivity index (χ3n) is 3.19. The van der Waals surface area contributed by atoms with Gasteiger partial charge in [-0.25, -0.2) is 0 Å². The van der Waals surface area contributed by atoms with Crippen molar-refractivity contribution in [3.8, 4) is 0 Å². The lowest BCUT2D eigenvalue weighted by Gasteiger charge is -2.04. The molecular weight excluding hydrogens is 347 g/mol. The second-order valence-electron chi connectivity index (χ2n) is 4.97. The van der Waals surface area contributed by atoms with Crippen LogP contribution in [0, 0.1) is 0 Å². The number of benzene rings is 1. The van der Waals surface area contributed by atoms with E-state index in [4.69, 9.17) is 17.3 Å². The van der Waals surface area contributed by atoms with E-state index in [1.165, 1.54) is 6.20 Å². The van der Waals surface area contributed by atoms with Crippen LogP contribution in [-0.4, -0.2) is 25.9 Å². The molecule has 124 valence electrons. The fourth-order valence-electron chi connectivity index (χ4n) is 2.19. The Morgan fingerprint density at radius 2 is 2.00 bits per heavy atom. The molecule has 0 saturated carbocycles. The molecule has 6 nitrogen and oxygen atoms in total. The first-order chi connectivity index (χ1) is 11.2. The molecular formula is C14H9ClF3N5O. The molecule has 0 aliphatic rings. The maximum atomic E-state index is 12.9. The number of fused-ring (bicyclic) bond motifs is 1. The molecule has 2 heterocycles. The molecule has 0 fully saturated rings. The largest absolute Gasteiger partial charge is 0.437 e. The zero-order valence-electron chi connectivity index (χ0n) is 11.9. The molecule has 2 N–H and O–H groups in total. The SMILES string of the molecule is NC(=O)c1nn(Cc2ccc3ncc(Cl)cc3c2)nc1C(F)(F)F. The lowest BCUT2D eigenvalue weighted by Crippen LogP contribution is -2.18. The Balaban J connectivity index is 1.98. The summed E-state index contributed by atoms with van der Waals surface area (Å²) in [7, 11) is 0. The molecule has 0 radical (unpaired) electrons. The molecule has 0 saturated heterocycles. The van der Waals surface area contributed by atoms with E-state index in [1.54, 1.807) is 24.3 Å². The molecule has 0 unspecified atom stereocenters. The van der Waals surface area contributed by atoms with Crippen LogP contribution in [0.4, 0.5) is 13.2 Å². The van der Waals surface area contributed by atoms with Gasteiger partial charge in [-0.15, -0.1) is 10.2 Å². The van der Waals surface area contributed by atoms with Crippen LogP contribution in [0.1, 0.15) is 21.7 Å². The summed E-state index contributed by atoms with van der Waals surface area (Å²) < 4.78 is 38.6. The lowest BCUT2D eigenvalue weighted by atomic mass is 10.1. The molecule has 1 aromatic carbocycles. The van der Waals surface area contributed by atoms with Gasteiger partial charge < -0.3 is 5.73 Å². The molecule has 3 aromatic rings. The molecule has 0 atom stereocenters. The molecule has 0 spiro atoms. The third kappa shape index (κ3) is 3.16. The second kappa shape index (κ2) is 5.75. The van der Waals surface area contributed by atoms with Crippen LogP contribution in [0.2, 0.25) is 5.02 Å². The van der Waals surface area contributed by atoms with Crippen LogP contribution in [-0.2, 0) is 12.7 Å². The fraction of sp³-hybridized carbons (Fsp3) is 0.143. The van der Waals surface area contributed by atoms with Gasteiger partial charge in [-0.05, 0) is 23.8 Å². The standard InChI is InChI=1S/C14H9ClF3N5O/c15-9-4-8-3-7(1-2-10(8)20-5-9)6-23-21-11(13(19)24)12(22-23)14(16,17)18/h1-5H,6H2,(H2,19,24). The van der Waals surface area contributed by atoms with E-state index in [9.17, 15) is 18.0 Å². The smallest absolute Gasteiger partial charge is 0.364 e. The van der Waals surface area contributed by atoms with Crippen molar-refractivity contribution in [3.63, 3.8) is 0 Å². The van der Waals surface area contributed by atoms with Crippen molar-refractivity contribution in [3.05, 3.63) is 52.4 Å². The van der Waals surface area contributed by atoms with Crippen LogP contribution in [0.5, 0.6) is 0 Å². The van der Waals surface area contributed by atoms with Crippen LogP contribution >= 0.6 is 11.6 Å². The van der Waals surface area contributed by atoms with Gasteiger partial charge in [-0.1, -0.05) is 17.7 Å². The molecule has 0 aliphatic carbocycles. The number of pyridine rings is 1. The quantitative estimate of drug-likeness (QED) is 0.782. The normalized spacial score (nSPS) is 11.8. The summed E-state index contributed by atoms with van der Waals surface area (Å²) in [5, 5.41) is 8.03. The van der Waals surface area contributed by atoms with Gasteiger partial charge >= 0.3 is 6.18 Å². The van der Waals surface area contributed by atoms with Crippen molar-refractivity contribution in [1.29, 1.82) is 0 Å². The second-order valence-corrected chi connectivity index (χ2v) is 5.41. The third-order valence-corrected chi connectivity index (χ3v) is 3.40. The summed E-state index contributed by atoms with van der Waals surface area (Å²) in [6.07, 6.45) is -3.32. The number of halogens is 4. The van der Waals surface area contributed by atoms with Gasteiger partial charge in [-0.3, -0.25) is 9.78 Å². The van der Waals surface area contributed by atoms with Gasteiger partial charge in [0.05, 0.1) is 17.1 Å². The van der Waals surface area contributed by atoms with E-state index in [2.05, 4.69) is 15.2 Å². The van der Waals surface area contributed by atoms with E-state index in [1.807, 2.05) is 0 Å². The van der Waals surface area contributed by atoms with Crippen LogP contribution in [0.15, 0.2) is 30.5 Å². The number of rotatable bonds is 3. The van der Waals surface area contributed by atoms with Gasteiger partial charge in [-0.2, -0.15) is 18.0 Å². The van der Waals surface area contributed by atoms with E-state index in [0.717, 1.165) is 10.2 Å². The van der Waals surface area contributed by atoms with Gasteiger partial charge in [0.25, 0.3) is 5.91 Å². The zero-order valence-corrected chi connectivity index (χ0v) is 12.6. The summed E-state index contributed by atoms with van der Waals surface area (Å²) in [5.74, 6) is -1.29. The maximum absolute atomic E-state index is 12.9. The summed E-state index contributed by atoms with van der Waals surface area (Å²) in [4.78, 5) is 16.0. The summed E-state index contributed by atoms with van der Waals surface area (Å²) in [6, 6.07) is 6.75. The van der Waals surface area contributed by atoms with E-state index >= 15 is 0 Å². The number of carbonyl (C=O) groups excluding carboxylic acids is 1. The van der Waals surface area contributed by atoms with Crippen LogP contribution < -0.4 is 5.73 Å². The molecule has 2 aromatic heterocycles. The number of nitrogens with two attached hydrogens (primary N) is 1. The number of alkyl halides is 3. The topological polar surface area (TPSA) is 86.7 Å². The number of carbonyl (C=O) groups is 1. The monoisotopic (exact) mass is 355 g/mol. The first kappa shape index (κ1) is 16.2. The van der Waals surface area contributed by atoms with Gasteiger partial charge in [0.2, 0.25) is 0 Å². The average Bonchev–Trinajstić information content (AvgIpc) is 2.91. The first-order valence-corrected chi connectivity index (χ1v) is 6.98. The van der Waals surface area contributed by atoms with E-state index in [0.29, 0.717) is 16.1 Å². The minimum absolute atomic E-state index is 0.0706. The lowest BCUT2D eigenvalue weighted by molar-refractivity contribution is -0.141. The Kier molecular flexibility index (Phi) is 3.88. The molecule has 0 aliphatic heterocycles. The van der Waals surface area contributed by atoms with Gasteiger partial charge in [0.15, 0.2) is 11.4 Å². The highest BCUT2D eigenvalue weighted by atomic mass is 35.5. The molecule has 3 rings (SSSR count). The number of nitrogens with zero attached hydrogens (tertiary/aromatic N) is 4. The molecule has 1 amide bonds. The minimum Gasteiger partial charge on any atom is -0.364 e. The van der Waals surface area contributed by atoms with Crippen molar-refractivity contribution >= 4 is 28.4 Å². The summed E-state index contributed by atoms with van der Waals surface area (Å²) >= 11 is 5.87. The Morgan fingerprint density at radius 3 is 2.62 bits per heavy atom. The first-order valence-electron chi connectivity index (χ1n) is 6.60. The number of hydrogen-bond donors (Lipinski definition) is 1. The van der Waals surface area contributed by atoms with E-state index in [-0.39, 0.29) is 6.54 Å². The van der Waals surface area contributed by atoms with Crippen molar-refractivity contribution in [2.75, 3.05) is 0 Å². The summed E-state index contributed by atoms with van der Waals surface area (Å²) in [5.41, 5.74) is 3.92. The van der Waals surface area contributed by atoms with Crippen molar-refractivity contribution in [2.24, 2.45) is 5.73 Å². The molecule has 10 heteroatoms. The Hall–Kier alpha value is -2.68. The van der Waals surface area contributed by atoms with Crippen molar-refractivity contribution in [1.82, 2.24) is 20.0 Å². The highest BCUT2D eigenvalue weighted by Gasteiger charge is 2.40. The fourth-order valence-corrected chi connectivity index (χ4v) is 2.36. The molecule has 0 bridgehead atoms. The number of aromatic nitrogens is 4. The highest BCUT2D eigenvalue weighted by molar-refractivity contribution is 6.31. The highest BCUT2D eigenvalue weighted by Crippen LogP contribution is 2.29. The Labute approximate surface area is 138 Å². The predicted octanol–water partition coefficient (Wildman–Crippen LogP) is 2.65. The number of hydrogen-bond acceptors (Lipinski definition) is 4. The van der Waals surface area contributed by atoms with Crippen molar-refractivity contribution in [2.45, 2.75) is 12.7 Å². The Bertz CT molecular complexity index is 938.